The van der Waals surface area contributed by atoms with Crippen LogP contribution in [0.15, 0.2) is 24.3 Å². The number of para-hydroxylation sites is 1. The van der Waals surface area contributed by atoms with Gasteiger partial charge in [-0.3, -0.25) is 9.59 Å². The fourth-order valence-electron chi connectivity index (χ4n) is 3.52. The molecule has 8 heteroatoms. The normalized spacial score (nSPS) is 13.9. The Morgan fingerprint density at radius 2 is 2.13 bits per heavy atom. The number of benzene rings is 1. The van der Waals surface area contributed by atoms with E-state index >= 15 is 0 Å². The molecule has 2 heterocycles. The summed E-state index contributed by atoms with van der Waals surface area (Å²) in [7, 11) is 1.49. The molecule has 1 N–H and O–H groups in total. The van der Waals surface area contributed by atoms with E-state index in [2.05, 4.69) is 11.4 Å². The van der Waals surface area contributed by atoms with Crippen molar-refractivity contribution in [1.82, 2.24) is 4.90 Å². The summed E-state index contributed by atoms with van der Waals surface area (Å²) >= 11 is 1.36. The summed E-state index contributed by atoms with van der Waals surface area (Å²) in [6, 6.07) is 9.70. The van der Waals surface area contributed by atoms with Gasteiger partial charge in [-0.25, -0.2) is 0 Å². The van der Waals surface area contributed by atoms with Crippen LogP contribution in [0.5, 0.6) is 5.75 Å². The van der Waals surface area contributed by atoms with Crippen LogP contribution in [-0.2, 0) is 27.3 Å². The van der Waals surface area contributed by atoms with E-state index in [0.29, 0.717) is 42.4 Å². The molecule has 158 valence electrons. The molecular weight excluding hydrogens is 402 g/mol. The molecular formula is C22H25N3O4S. The minimum Gasteiger partial charge on any atom is -0.494 e. The largest absolute Gasteiger partial charge is 0.494 e. The van der Waals surface area contributed by atoms with Crippen molar-refractivity contribution in [3.05, 3.63) is 45.8 Å². The van der Waals surface area contributed by atoms with Gasteiger partial charge in [0.05, 0.1) is 24.6 Å². The standard InChI is InChI=1S/C22H25N3O4S/c1-4-29-18-8-6-5-7-15(18)14(2)21(27)24-22-17(11-23)16-9-10-25(12-19(16)30-22)20(26)13-28-3/h5-8,14H,4,9-10,12-13H2,1-3H3,(H,24,27). The summed E-state index contributed by atoms with van der Waals surface area (Å²) in [5.74, 6) is -0.0505. The van der Waals surface area contributed by atoms with Crippen LogP contribution in [0.1, 0.15) is 41.3 Å². The molecule has 0 saturated carbocycles. The Bertz CT molecular complexity index is 979. The van der Waals surface area contributed by atoms with Gasteiger partial charge in [0.1, 0.15) is 23.4 Å². The highest BCUT2D eigenvalue weighted by Gasteiger charge is 2.28. The molecule has 2 aromatic rings. The highest BCUT2D eigenvalue weighted by Crippen LogP contribution is 2.37. The average Bonchev–Trinajstić information content (AvgIpc) is 3.10. The Morgan fingerprint density at radius 1 is 1.37 bits per heavy atom. The second kappa shape index (κ2) is 9.74. The van der Waals surface area contributed by atoms with Gasteiger partial charge in [-0.15, -0.1) is 11.3 Å². The van der Waals surface area contributed by atoms with Gasteiger partial charge in [0.2, 0.25) is 11.8 Å². The van der Waals surface area contributed by atoms with Crippen LogP contribution in [0, 0.1) is 11.3 Å². The molecule has 0 radical (unpaired) electrons. The number of carbonyl (C=O) groups is 2. The number of thiophene rings is 1. The third-order valence-corrected chi connectivity index (χ3v) is 6.24. The van der Waals surface area contributed by atoms with Crippen LogP contribution >= 0.6 is 11.3 Å². The Labute approximate surface area is 180 Å². The number of carbonyl (C=O) groups excluding carboxylic acids is 2. The summed E-state index contributed by atoms with van der Waals surface area (Å²) in [5.41, 5.74) is 2.21. The number of nitrogens with one attached hydrogen (secondary N) is 1. The van der Waals surface area contributed by atoms with Crippen LogP contribution < -0.4 is 10.1 Å². The van der Waals surface area contributed by atoms with Crippen molar-refractivity contribution in [2.75, 3.05) is 32.2 Å². The first-order valence-electron chi connectivity index (χ1n) is 9.84. The molecule has 1 unspecified atom stereocenters. The van der Waals surface area contributed by atoms with Crippen molar-refractivity contribution >= 4 is 28.2 Å². The summed E-state index contributed by atoms with van der Waals surface area (Å²) in [5, 5.41) is 13.2. The van der Waals surface area contributed by atoms with E-state index in [0.717, 1.165) is 16.0 Å². The van der Waals surface area contributed by atoms with E-state index in [4.69, 9.17) is 9.47 Å². The summed E-state index contributed by atoms with van der Waals surface area (Å²) in [6.07, 6.45) is 0.586. The molecule has 0 bridgehead atoms. The van der Waals surface area contributed by atoms with Gasteiger partial charge in [0.15, 0.2) is 0 Å². The van der Waals surface area contributed by atoms with Gasteiger partial charge < -0.3 is 19.7 Å². The molecule has 7 nitrogen and oxygen atoms in total. The molecule has 0 spiro atoms. The van der Waals surface area contributed by atoms with E-state index in [9.17, 15) is 14.9 Å². The fraction of sp³-hybridized carbons (Fsp3) is 0.409. The van der Waals surface area contributed by atoms with Gasteiger partial charge in [-0.1, -0.05) is 18.2 Å². The van der Waals surface area contributed by atoms with Crippen LogP contribution in [0.4, 0.5) is 5.00 Å². The van der Waals surface area contributed by atoms with E-state index in [1.165, 1.54) is 18.4 Å². The molecule has 1 aliphatic rings. The number of nitrogens with zero attached hydrogens (tertiary/aromatic N) is 2. The first-order chi connectivity index (χ1) is 14.5. The number of hydrogen-bond donors (Lipinski definition) is 1. The van der Waals surface area contributed by atoms with E-state index < -0.39 is 5.92 Å². The summed E-state index contributed by atoms with van der Waals surface area (Å²) < 4.78 is 10.6. The molecule has 1 aliphatic heterocycles. The van der Waals surface area contributed by atoms with Gasteiger partial charge in [-0.2, -0.15) is 5.26 Å². The first kappa shape index (κ1) is 21.8. The van der Waals surface area contributed by atoms with Crippen molar-refractivity contribution in [3.8, 4) is 11.8 Å². The van der Waals surface area contributed by atoms with Crippen LogP contribution in [0.25, 0.3) is 0 Å². The lowest BCUT2D eigenvalue weighted by atomic mass is 9.99. The topological polar surface area (TPSA) is 91.7 Å². The Kier molecular flexibility index (Phi) is 7.08. The number of methoxy groups -OCH3 is 1. The zero-order valence-corrected chi connectivity index (χ0v) is 18.2. The maximum Gasteiger partial charge on any atom is 0.248 e. The molecule has 1 aromatic heterocycles. The molecule has 0 saturated heterocycles. The third kappa shape index (κ3) is 4.48. The Hall–Kier alpha value is -2.89. The maximum absolute atomic E-state index is 13.0. The lowest BCUT2D eigenvalue weighted by Crippen LogP contribution is -2.37. The smallest absolute Gasteiger partial charge is 0.248 e. The maximum atomic E-state index is 13.0. The van der Waals surface area contributed by atoms with Crippen LogP contribution in [0.2, 0.25) is 0 Å². The Morgan fingerprint density at radius 3 is 2.83 bits per heavy atom. The molecule has 0 aliphatic carbocycles. The number of ether oxygens (including phenoxy) is 2. The number of amides is 2. The van der Waals surface area contributed by atoms with Gasteiger partial charge in [0.25, 0.3) is 0 Å². The van der Waals surface area contributed by atoms with Crippen LogP contribution in [0.3, 0.4) is 0 Å². The molecule has 3 rings (SSSR count). The number of nitriles is 1. The fourth-order valence-corrected chi connectivity index (χ4v) is 4.74. The molecule has 1 aromatic carbocycles. The van der Waals surface area contributed by atoms with Crippen molar-refractivity contribution in [3.63, 3.8) is 0 Å². The lowest BCUT2D eigenvalue weighted by molar-refractivity contribution is -0.136. The highest BCUT2D eigenvalue weighted by atomic mass is 32.1. The van der Waals surface area contributed by atoms with Crippen molar-refractivity contribution in [1.29, 1.82) is 5.26 Å². The minimum absolute atomic E-state index is 0.0339. The molecule has 2 amide bonds. The predicted octanol–water partition coefficient (Wildman–Crippen LogP) is 3.29. The predicted molar refractivity (Wildman–Crippen MR) is 115 cm³/mol. The molecule has 1 atom stereocenters. The summed E-state index contributed by atoms with van der Waals surface area (Å²) in [4.78, 5) is 27.7. The van der Waals surface area contributed by atoms with Gasteiger partial charge >= 0.3 is 0 Å². The Balaban J connectivity index is 1.80. The van der Waals surface area contributed by atoms with Crippen molar-refractivity contribution in [2.45, 2.75) is 32.7 Å². The second-order valence-electron chi connectivity index (χ2n) is 7.00. The quantitative estimate of drug-likeness (QED) is 0.732. The number of rotatable bonds is 7. The zero-order valence-electron chi connectivity index (χ0n) is 17.4. The molecule has 30 heavy (non-hydrogen) atoms. The van der Waals surface area contributed by atoms with E-state index in [1.54, 1.807) is 4.90 Å². The first-order valence-corrected chi connectivity index (χ1v) is 10.7. The van der Waals surface area contributed by atoms with Crippen LogP contribution in [-0.4, -0.2) is 43.6 Å². The van der Waals surface area contributed by atoms with E-state index in [-0.39, 0.29) is 18.4 Å². The molecule has 0 fully saturated rings. The van der Waals surface area contributed by atoms with Crippen molar-refractivity contribution in [2.24, 2.45) is 0 Å². The number of anilines is 1. The zero-order chi connectivity index (χ0) is 21.7. The van der Waals surface area contributed by atoms with Gasteiger partial charge in [0, 0.05) is 24.1 Å². The minimum atomic E-state index is -0.446. The van der Waals surface area contributed by atoms with Gasteiger partial charge in [-0.05, 0) is 31.9 Å². The second-order valence-corrected chi connectivity index (χ2v) is 8.10. The third-order valence-electron chi connectivity index (χ3n) is 5.10. The number of hydrogen-bond acceptors (Lipinski definition) is 6. The summed E-state index contributed by atoms with van der Waals surface area (Å²) in [6.45, 7) is 5.23. The monoisotopic (exact) mass is 427 g/mol. The average molecular weight is 428 g/mol. The highest BCUT2D eigenvalue weighted by molar-refractivity contribution is 7.16. The number of fused-ring (bicyclic) bond motifs is 1. The van der Waals surface area contributed by atoms with Crippen molar-refractivity contribution < 1.29 is 19.1 Å². The van der Waals surface area contributed by atoms with E-state index in [1.807, 2.05) is 38.1 Å². The SMILES string of the molecule is CCOc1ccccc1C(C)C(=O)Nc1sc2c(c1C#N)CCN(C(=O)COC)C2. The lowest BCUT2D eigenvalue weighted by Gasteiger charge is -2.26.